The van der Waals surface area contributed by atoms with Gasteiger partial charge in [0.1, 0.15) is 5.82 Å². The van der Waals surface area contributed by atoms with Gasteiger partial charge in [0.2, 0.25) is 0 Å². The number of aromatic nitrogens is 1. The van der Waals surface area contributed by atoms with Gasteiger partial charge in [-0.1, -0.05) is 6.92 Å². The predicted molar refractivity (Wildman–Crippen MR) is 132 cm³/mol. The lowest BCUT2D eigenvalue weighted by molar-refractivity contribution is 0.270. The number of halogens is 1. The summed E-state index contributed by atoms with van der Waals surface area (Å²) in [4.78, 5) is 14.3. The smallest absolute Gasteiger partial charge is 0.191 e. The van der Waals surface area contributed by atoms with Crippen LogP contribution >= 0.6 is 35.7 Å². The molecular weight excluding hydrogens is 483 g/mol. The van der Waals surface area contributed by atoms with Gasteiger partial charge >= 0.3 is 0 Å². The minimum atomic E-state index is 0. The van der Waals surface area contributed by atoms with Crippen LogP contribution in [0.25, 0.3) is 0 Å². The number of piperazine rings is 1. The van der Waals surface area contributed by atoms with E-state index in [4.69, 9.17) is 4.99 Å². The maximum absolute atomic E-state index is 4.79. The average Bonchev–Trinajstić information content (AvgIpc) is 3.24. The summed E-state index contributed by atoms with van der Waals surface area (Å²) in [5.74, 6) is 3.30. The van der Waals surface area contributed by atoms with Crippen LogP contribution in [0.5, 0.6) is 0 Å². The zero-order chi connectivity index (χ0) is 18.9. The third kappa shape index (κ3) is 7.26. The highest BCUT2D eigenvalue weighted by Crippen LogP contribution is 2.25. The van der Waals surface area contributed by atoms with Gasteiger partial charge in [-0.25, -0.2) is 9.98 Å². The first-order valence-electron chi connectivity index (χ1n) is 10.3. The Balaban J connectivity index is 0.00000280. The number of pyridine rings is 1. The molecule has 1 aromatic heterocycles. The third-order valence-corrected chi connectivity index (χ3v) is 6.64. The molecule has 2 N–H and O–H groups in total. The first-order valence-corrected chi connectivity index (χ1v) is 11.4. The average molecular weight is 519 g/mol. The number of hydrogen-bond acceptors (Lipinski definition) is 5. The van der Waals surface area contributed by atoms with E-state index in [1.54, 1.807) is 0 Å². The first kappa shape index (κ1) is 23.5. The van der Waals surface area contributed by atoms with E-state index >= 15 is 0 Å². The number of anilines is 1. The molecule has 3 rings (SSSR count). The molecule has 158 valence electrons. The van der Waals surface area contributed by atoms with Gasteiger partial charge < -0.3 is 20.4 Å². The van der Waals surface area contributed by atoms with Gasteiger partial charge in [0.15, 0.2) is 5.96 Å². The van der Waals surface area contributed by atoms with Crippen molar-refractivity contribution in [2.45, 2.75) is 38.5 Å². The van der Waals surface area contributed by atoms with Crippen LogP contribution < -0.4 is 15.5 Å². The van der Waals surface area contributed by atoms with E-state index in [9.17, 15) is 0 Å². The van der Waals surface area contributed by atoms with Crippen LogP contribution in [0.2, 0.25) is 0 Å². The van der Waals surface area contributed by atoms with Gasteiger partial charge in [-0.2, -0.15) is 11.8 Å². The minimum absolute atomic E-state index is 0. The lowest BCUT2D eigenvalue weighted by Crippen LogP contribution is -2.46. The second-order valence-electron chi connectivity index (χ2n) is 7.15. The fourth-order valence-electron chi connectivity index (χ4n) is 3.55. The van der Waals surface area contributed by atoms with E-state index in [1.807, 2.05) is 6.20 Å². The largest absolute Gasteiger partial charge is 0.357 e. The molecule has 8 heteroatoms. The molecule has 0 amide bonds. The van der Waals surface area contributed by atoms with Gasteiger partial charge in [0, 0.05) is 50.7 Å². The third-order valence-electron chi connectivity index (χ3n) is 5.24. The molecule has 1 atom stereocenters. The predicted octanol–water partition coefficient (Wildman–Crippen LogP) is 2.79. The minimum Gasteiger partial charge on any atom is -0.357 e. The van der Waals surface area contributed by atoms with Crippen molar-refractivity contribution in [2.24, 2.45) is 4.99 Å². The van der Waals surface area contributed by atoms with Gasteiger partial charge in [-0.15, -0.1) is 24.0 Å². The normalized spacial score (nSPS) is 20.7. The molecule has 0 aliphatic carbocycles. The molecule has 28 heavy (non-hydrogen) atoms. The molecule has 2 aliphatic rings. The van der Waals surface area contributed by atoms with Gasteiger partial charge in [-0.3, -0.25) is 0 Å². The van der Waals surface area contributed by atoms with Crippen LogP contribution in [-0.2, 0) is 6.54 Å². The van der Waals surface area contributed by atoms with Crippen molar-refractivity contribution in [3.05, 3.63) is 23.9 Å². The van der Waals surface area contributed by atoms with Crippen LogP contribution in [0.4, 0.5) is 5.82 Å². The summed E-state index contributed by atoms with van der Waals surface area (Å²) >= 11 is 2.07. The number of nitrogens with zero attached hydrogens (tertiary/aromatic N) is 4. The number of thioether (sulfide) groups is 1. The molecule has 0 radical (unpaired) electrons. The number of guanidine groups is 1. The van der Waals surface area contributed by atoms with Gasteiger partial charge in [0.05, 0.1) is 6.54 Å². The van der Waals surface area contributed by atoms with Gasteiger partial charge in [0.25, 0.3) is 0 Å². The lowest BCUT2D eigenvalue weighted by atomic mass is 10.2. The Hall–Kier alpha value is -0.740. The van der Waals surface area contributed by atoms with Crippen molar-refractivity contribution >= 4 is 47.5 Å². The van der Waals surface area contributed by atoms with Crippen molar-refractivity contribution in [3.63, 3.8) is 0 Å². The van der Waals surface area contributed by atoms with E-state index < -0.39 is 0 Å². The van der Waals surface area contributed by atoms with Gasteiger partial charge in [-0.05, 0) is 49.8 Å². The summed E-state index contributed by atoms with van der Waals surface area (Å²) in [6.45, 7) is 12.4. The molecule has 0 spiro atoms. The molecule has 0 bridgehead atoms. The lowest BCUT2D eigenvalue weighted by Gasteiger charge is -2.34. The molecule has 2 fully saturated rings. The van der Waals surface area contributed by atoms with Crippen molar-refractivity contribution in [1.29, 1.82) is 0 Å². The zero-order valence-electron chi connectivity index (χ0n) is 17.2. The molecule has 0 saturated carbocycles. The second kappa shape index (κ2) is 12.7. The Kier molecular flexibility index (Phi) is 10.7. The van der Waals surface area contributed by atoms with Crippen molar-refractivity contribution < 1.29 is 0 Å². The number of hydrogen-bond donors (Lipinski definition) is 2. The van der Waals surface area contributed by atoms with Crippen LogP contribution in [-0.4, -0.2) is 72.7 Å². The summed E-state index contributed by atoms with van der Waals surface area (Å²) < 4.78 is 0. The van der Waals surface area contributed by atoms with E-state index in [1.165, 1.54) is 24.2 Å². The monoisotopic (exact) mass is 518 g/mol. The number of rotatable bonds is 7. The highest BCUT2D eigenvalue weighted by Gasteiger charge is 2.17. The highest BCUT2D eigenvalue weighted by atomic mass is 127. The second-order valence-corrected chi connectivity index (χ2v) is 8.56. The van der Waals surface area contributed by atoms with Crippen molar-refractivity contribution in [1.82, 2.24) is 20.5 Å². The van der Waals surface area contributed by atoms with E-state index in [0.717, 1.165) is 62.8 Å². The van der Waals surface area contributed by atoms with E-state index in [0.29, 0.717) is 6.54 Å². The Bertz CT molecular complexity index is 600. The Morgan fingerprint density at radius 1 is 1.25 bits per heavy atom. The molecular formula is C20H35IN6S. The molecule has 2 saturated heterocycles. The Morgan fingerprint density at radius 2 is 2.07 bits per heavy atom. The van der Waals surface area contributed by atoms with Crippen LogP contribution in [0, 0.1) is 0 Å². The molecule has 6 nitrogen and oxygen atoms in total. The molecule has 0 aromatic carbocycles. The number of likely N-dealkylation sites (N-methyl/N-ethyl adjacent to an activating group) is 1. The number of aliphatic imine (C=N–C) groups is 1. The van der Waals surface area contributed by atoms with Crippen LogP contribution in [0.3, 0.4) is 0 Å². The SMILES string of the molecule is CCNC(=NCc1ccnc(N2CCN(CC)CC2)c1)NCC1CCCS1.I. The molecule has 2 aliphatic heterocycles. The summed E-state index contributed by atoms with van der Waals surface area (Å²) in [5.41, 5.74) is 1.21. The first-order chi connectivity index (χ1) is 13.3. The molecule has 1 aromatic rings. The maximum Gasteiger partial charge on any atom is 0.191 e. The summed E-state index contributed by atoms with van der Waals surface area (Å²) in [7, 11) is 0. The maximum atomic E-state index is 4.79. The quantitative estimate of drug-likeness (QED) is 0.329. The fraction of sp³-hybridized carbons (Fsp3) is 0.700. The van der Waals surface area contributed by atoms with E-state index in [2.05, 4.69) is 63.2 Å². The highest BCUT2D eigenvalue weighted by molar-refractivity contribution is 14.0. The Labute approximate surface area is 191 Å². The Morgan fingerprint density at radius 3 is 2.75 bits per heavy atom. The van der Waals surface area contributed by atoms with Crippen LogP contribution in [0.1, 0.15) is 32.3 Å². The molecule has 1 unspecified atom stereocenters. The standard InChI is InChI=1S/C20H34N6S.HI/c1-3-21-20(24-16-18-6-5-13-27-18)23-15-17-7-8-22-19(14-17)26-11-9-25(4-2)10-12-26;/h7-8,14,18H,3-6,9-13,15-16H2,1-2H3,(H2,21,23,24);1H. The summed E-state index contributed by atoms with van der Waals surface area (Å²) in [6, 6.07) is 4.27. The van der Waals surface area contributed by atoms with Crippen molar-refractivity contribution in [2.75, 3.05) is 56.5 Å². The van der Waals surface area contributed by atoms with Crippen LogP contribution in [0.15, 0.2) is 23.3 Å². The number of nitrogens with one attached hydrogen (secondary N) is 2. The summed E-state index contributed by atoms with van der Waals surface area (Å²) in [6.07, 6.45) is 4.58. The molecule has 3 heterocycles. The fourth-order valence-corrected chi connectivity index (χ4v) is 4.75. The van der Waals surface area contributed by atoms with E-state index in [-0.39, 0.29) is 24.0 Å². The summed E-state index contributed by atoms with van der Waals surface area (Å²) in [5, 5.41) is 7.60. The topological polar surface area (TPSA) is 55.8 Å². The zero-order valence-corrected chi connectivity index (χ0v) is 20.3. The van der Waals surface area contributed by atoms with Crippen molar-refractivity contribution in [3.8, 4) is 0 Å².